The van der Waals surface area contributed by atoms with Gasteiger partial charge in [-0.2, -0.15) is 0 Å². The first-order valence-electron chi connectivity index (χ1n) is 9.36. The van der Waals surface area contributed by atoms with Gasteiger partial charge in [0.05, 0.1) is 11.1 Å². The smallest absolute Gasteiger partial charge is 0.317 e. The number of nitrogens with zero attached hydrogens (tertiary/aromatic N) is 2. The lowest BCUT2D eigenvalue weighted by atomic mass is 9.94. The molecule has 1 heterocycles. The highest BCUT2D eigenvalue weighted by atomic mass is 16.2. The van der Waals surface area contributed by atoms with Crippen molar-refractivity contribution >= 4 is 23.5 Å². The molecule has 142 valence electrons. The third-order valence-electron chi connectivity index (χ3n) is 5.10. The molecule has 0 bridgehead atoms. The molecule has 4 amide bonds. The number of benzene rings is 1. The van der Waals surface area contributed by atoms with Crippen LogP contribution < -0.4 is 5.32 Å². The molecule has 0 aromatic heterocycles. The van der Waals surface area contributed by atoms with Gasteiger partial charge in [0.2, 0.25) is 0 Å². The number of hydrogen-bond acceptors (Lipinski definition) is 3. The van der Waals surface area contributed by atoms with E-state index in [-0.39, 0.29) is 23.9 Å². The zero-order valence-electron chi connectivity index (χ0n) is 15.4. The Morgan fingerprint density at radius 1 is 1.07 bits per heavy atom. The SMILES string of the molecule is C=CCN(CC=C)C(=O)Nc1ccc2c(c1)C(=O)N(C1CCCCC1)C2=O. The van der Waals surface area contributed by atoms with Gasteiger partial charge in [0, 0.05) is 24.8 Å². The standard InChI is InChI=1S/C21H25N3O3/c1-3-12-23(13-4-2)21(27)22-15-10-11-17-18(14-15)20(26)24(19(17)25)16-8-6-5-7-9-16/h3-4,10-11,14,16H,1-2,5-9,12-13H2,(H,22,27). The highest BCUT2D eigenvalue weighted by Crippen LogP contribution is 2.32. The Morgan fingerprint density at radius 2 is 1.70 bits per heavy atom. The third-order valence-corrected chi connectivity index (χ3v) is 5.10. The summed E-state index contributed by atoms with van der Waals surface area (Å²) in [6, 6.07) is 4.55. The summed E-state index contributed by atoms with van der Waals surface area (Å²) in [6.07, 6.45) is 8.25. The Morgan fingerprint density at radius 3 is 2.33 bits per heavy atom. The first-order chi connectivity index (χ1) is 13.1. The zero-order valence-corrected chi connectivity index (χ0v) is 15.4. The normalized spacial score (nSPS) is 16.8. The van der Waals surface area contributed by atoms with E-state index in [1.54, 1.807) is 30.4 Å². The van der Waals surface area contributed by atoms with Crippen molar-refractivity contribution in [2.75, 3.05) is 18.4 Å². The number of rotatable bonds is 6. The monoisotopic (exact) mass is 367 g/mol. The minimum Gasteiger partial charge on any atom is -0.317 e. The Kier molecular flexibility index (Phi) is 5.74. The summed E-state index contributed by atoms with van der Waals surface area (Å²) < 4.78 is 0. The Balaban J connectivity index is 1.78. The molecule has 3 rings (SSSR count). The van der Waals surface area contributed by atoms with Crippen molar-refractivity contribution in [1.29, 1.82) is 0 Å². The Bertz CT molecular complexity index is 771. The summed E-state index contributed by atoms with van der Waals surface area (Å²) in [5.41, 5.74) is 1.27. The second-order valence-corrected chi connectivity index (χ2v) is 6.94. The molecule has 1 saturated carbocycles. The maximum absolute atomic E-state index is 12.8. The van der Waals surface area contributed by atoms with E-state index < -0.39 is 0 Å². The van der Waals surface area contributed by atoms with E-state index in [4.69, 9.17) is 0 Å². The van der Waals surface area contributed by atoms with Gasteiger partial charge in [-0.15, -0.1) is 13.2 Å². The van der Waals surface area contributed by atoms with E-state index >= 15 is 0 Å². The minimum atomic E-state index is -0.310. The molecule has 0 spiro atoms. The molecule has 6 nitrogen and oxygen atoms in total. The molecule has 1 N–H and O–H groups in total. The summed E-state index contributed by atoms with van der Waals surface area (Å²) in [6.45, 7) is 8.06. The first kappa shape index (κ1) is 18.9. The molecule has 1 aromatic carbocycles. The molecule has 1 fully saturated rings. The van der Waals surface area contributed by atoms with Gasteiger partial charge in [-0.05, 0) is 31.0 Å². The van der Waals surface area contributed by atoms with Crippen LogP contribution in [0, 0.1) is 0 Å². The van der Waals surface area contributed by atoms with E-state index in [1.807, 2.05) is 0 Å². The van der Waals surface area contributed by atoms with Crippen molar-refractivity contribution in [2.45, 2.75) is 38.1 Å². The van der Waals surface area contributed by atoms with Gasteiger partial charge in [-0.1, -0.05) is 31.4 Å². The predicted octanol–water partition coefficient (Wildman–Crippen LogP) is 3.82. The van der Waals surface area contributed by atoms with Crippen LogP contribution in [0.15, 0.2) is 43.5 Å². The summed E-state index contributed by atoms with van der Waals surface area (Å²) in [5.74, 6) is -0.480. The van der Waals surface area contributed by atoms with Gasteiger partial charge < -0.3 is 10.2 Å². The molecule has 1 aliphatic heterocycles. The fourth-order valence-electron chi connectivity index (χ4n) is 3.76. The van der Waals surface area contributed by atoms with Crippen LogP contribution in [0.2, 0.25) is 0 Å². The second-order valence-electron chi connectivity index (χ2n) is 6.94. The van der Waals surface area contributed by atoms with E-state index in [2.05, 4.69) is 18.5 Å². The number of hydrogen-bond donors (Lipinski definition) is 1. The summed E-state index contributed by atoms with van der Waals surface area (Å²) in [7, 11) is 0. The number of imide groups is 1. The van der Waals surface area contributed by atoms with Crippen molar-refractivity contribution in [3.8, 4) is 0 Å². The second kappa shape index (κ2) is 8.20. The van der Waals surface area contributed by atoms with Crippen molar-refractivity contribution in [3.05, 3.63) is 54.6 Å². The molecule has 6 heteroatoms. The first-order valence-corrected chi connectivity index (χ1v) is 9.36. The lowest BCUT2D eigenvalue weighted by Gasteiger charge is -2.29. The third kappa shape index (κ3) is 3.79. The van der Waals surface area contributed by atoms with Gasteiger partial charge in [0.1, 0.15) is 0 Å². The largest absolute Gasteiger partial charge is 0.322 e. The van der Waals surface area contributed by atoms with Crippen molar-refractivity contribution in [2.24, 2.45) is 0 Å². The van der Waals surface area contributed by atoms with Crippen LogP contribution in [0.1, 0.15) is 52.8 Å². The lowest BCUT2D eigenvalue weighted by Crippen LogP contribution is -2.40. The average molecular weight is 367 g/mol. The van der Waals surface area contributed by atoms with Crippen molar-refractivity contribution < 1.29 is 14.4 Å². The zero-order chi connectivity index (χ0) is 19.4. The van der Waals surface area contributed by atoms with Crippen molar-refractivity contribution in [1.82, 2.24) is 9.80 Å². The highest BCUT2D eigenvalue weighted by Gasteiger charge is 2.40. The molecular formula is C21H25N3O3. The van der Waals surface area contributed by atoms with Crippen LogP contribution in [-0.4, -0.2) is 46.8 Å². The summed E-state index contributed by atoms with van der Waals surface area (Å²) in [5, 5.41) is 2.78. The Hall–Kier alpha value is -2.89. The minimum absolute atomic E-state index is 0.0140. The van der Waals surface area contributed by atoms with E-state index in [0.29, 0.717) is 29.9 Å². The molecule has 27 heavy (non-hydrogen) atoms. The molecule has 2 aliphatic rings. The number of nitrogens with one attached hydrogen (secondary N) is 1. The average Bonchev–Trinajstić information content (AvgIpc) is 2.92. The number of carbonyl (C=O) groups is 3. The predicted molar refractivity (Wildman–Crippen MR) is 105 cm³/mol. The van der Waals surface area contributed by atoms with Gasteiger partial charge in [-0.3, -0.25) is 14.5 Å². The van der Waals surface area contributed by atoms with Crippen LogP contribution in [0.3, 0.4) is 0 Å². The number of amides is 4. The maximum Gasteiger partial charge on any atom is 0.322 e. The topological polar surface area (TPSA) is 69.7 Å². The molecule has 1 aliphatic carbocycles. The van der Waals surface area contributed by atoms with Gasteiger partial charge in [0.25, 0.3) is 11.8 Å². The van der Waals surface area contributed by atoms with E-state index in [9.17, 15) is 14.4 Å². The van der Waals surface area contributed by atoms with E-state index in [1.165, 1.54) is 9.80 Å². The molecular weight excluding hydrogens is 342 g/mol. The number of fused-ring (bicyclic) bond motifs is 1. The molecule has 0 radical (unpaired) electrons. The number of anilines is 1. The summed E-state index contributed by atoms with van der Waals surface area (Å²) in [4.78, 5) is 40.9. The molecule has 0 saturated heterocycles. The molecule has 0 atom stereocenters. The lowest BCUT2D eigenvalue weighted by molar-refractivity contribution is 0.0549. The molecule has 1 aromatic rings. The van der Waals surface area contributed by atoms with Crippen LogP contribution in [-0.2, 0) is 0 Å². The fraction of sp³-hybridized carbons (Fsp3) is 0.381. The Labute approximate surface area is 159 Å². The van der Waals surface area contributed by atoms with E-state index in [0.717, 1.165) is 32.1 Å². The van der Waals surface area contributed by atoms with Crippen LogP contribution in [0.5, 0.6) is 0 Å². The highest BCUT2D eigenvalue weighted by molar-refractivity contribution is 6.22. The maximum atomic E-state index is 12.8. The van der Waals surface area contributed by atoms with Crippen molar-refractivity contribution in [3.63, 3.8) is 0 Å². The van der Waals surface area contributed by atoms with Crippen LogP contribution >= 0.6 is 0 Å². The summed E-state index contributed by atoms with van der Waals surface area (Å²) >= 11 is 0. The van der Waals surface area contributed by atoms with Gasteiger partial charge in [0.15, 0.2) is 0 Å². The number of urea groups is 1. The quantitative estimate of drug-likeness (QED) is 0.614. The van der Waals surface area contributed by atoms with Gasteiger partial charge in [-0.25, -0.2) is 4.79 Å². The fourth-order valence-corrected chi connectivity index (χ4v) is 3.76. The van der Waals surface area contributed by atoms with Gasteiger partial charge >= 0.3 is 6.03 Å². The molecule has 0 unspecified atom stereocenters. The number of carbonyl (C=O) groups excluding carboxylic acids is 3. The van der Waals surface area contributed by atoms with Crippen LogP contribution in [0.4, 0.5) is 10.5 Å². The van der Waals surface area contributed by atoms with Crippen LogP contribution in [0.25, 0.3) is 0 Å².